The number of nitrogens with zero attached hydrogens (tertiary/aromatic N) is 2. The highest BCUT2D eigenvalue weighted by Gasteiger charge is 2.19. The molecule has 0 spiro atoms. The second-order valence-corrected chi connectivity index (χ2v) is 4.24. The molecule has 8 nitrogen and oxygen atoms in total. The Morgan fingerprint density at radius 3 is 1.55 bits per heavy atom. The Morgan fingerprint density at radius 2 is 1.18 bits per heavy atom. The summed E-state index contributed by atoms with van der Waals surface area (Å²) in [5.41, 5.74) is -0.591. The van der Waals surface area contributed by atoms with Crippen molar-refractivity contribution in [2.75, 3.05) is 0 Å². The highest BCUT2D eigenvalue weighted by atomic mass is 32.1. The van der Waals surface area contributed by atoms with Crippen molar-refractivity contribution in [3.63, 3.8) is 0 Å². The molecule has 2 aromatic carbocycles. The van der Waals surface area contributed by atoms with Crippen LogP contribution in [0, 0.1) is 20.2 Å². The van der Waals surface area contributed by atoms with Crippen LogP contribution in [0.5, 0.6) is 11.5 Å². The molecule has 0 radical (unpaired) electrons. The monoisotopic (exact) mass is 320 g/mol. The molecule has 9 heteroatoms. The summed E-state index contributed by atoms with van der Waals surface area (Å²) in [6.45, 7) is 0. The van der Waals surface area contributed by atoms with Gasteiger partial charge in [0.2, 0.25) is 11.5 Å². The molecule has 22 heavy (non-hydrogen) atoms. The number of nitro benzene ring substituents is 2. The highest BCUT2D eigenvalue weighted by molar-refractivity contribution is 7.79. The molecule has 0 saturated carbocycles. The molecule has 2 aromatic rings. The average molecular weight is 320 g/mol. The first-order chi connectivity index (χ1) is 10.5. The van der Waals surface area contributed by atoms with Crippen molar-refractivity contribution in [1.82, 2.24) is 0 Å². The van der Waals surface area contributed by atoms with E-state index in [0.717, 1.165) is 0 Å². The van der Waals surface area contributed by atoms with Crippen molar-refractivity contribution >= 4 is 28.8 Å². The molecular formula is C13H8N2O6S. The van der Waals surface area contributed by atoms with Gasteiger partial charge in [-0.3, -0.25) is 20.2 Å². The van der Waals surface area contributed by atoms with Crippen LogP contribution in [-0.2, 0) is 0 Å². The van der Waals surface area contributed by atoms with E-state index >= 15 is 0 Å². The molecule has 0 atom stereocenters. The van der Waals surface area contributed by atoms with Gasteiger partial charge in [-0.05, 0) is 12.1 Å². The number of para-hydroxylation sites is 4. The van der Waals surface area contributed by atoms with Crippen LogP contribution >= 0.6 is 12.2 Å². The molecule has 0 unspecified atom stereocenters. The fourth-order valence-corrected chi connectivity index (χ4v) is 1.77. The predicted octanol–water partition coefficient (Wildman–Crippen LogP) is 3.25. The van der Waals surface area contributed by atoms with Crippen molar-refractivity contribution in [2.24, 2.45) is 0 Å². The standard InChI is InChI=1S/C13H8N2O6S/c16-14(17)9-5-1-3-7-11(9)20-13(22)21-12-8-4-2-6-10(12)15(18)19/h1-8H. The van der Waals surface area contributed by atoms with Crippen LogP contribution in [0.3, 0.4) is 0 Å². The minimum absolute atomic E-state index is 0.115. The van der Waals surface area contributed by atoms with Crippen LogP contribution in [0.15, 0.2) is 48.5 Å². The Kier molecular flexibility index (Phi) is 4.59. The maximum absolute atomic E-state index is 10.9. The first kappa shape index (κ1) is 15.3. The van der Waals surface area contributed by atoms with E-state index in [4.69, 9.17) is 21.7 Å². The fraction of sp³-hybridized carbons (Fsp3) is 0. The van der Waals surface area contributed by atoms with Gasteiger partial charge in [0.05, 0.1) is 9.85 Å². The summed E-state index contributed by atoms with van der Waals surface area (Å²) < 4.78 is 10.2. The highest BCUT2D eigenvalue weighted by Crippen LogP contribution is 2.29. The summed E-state index contributed by atoms with van der Waals surface area (Å²) in [5.74, 6) is -0.229. The average Bonchev–Trinajstić information content (AvgIpc) is 2.47. The van der Waals surface area contributed by atoms with Crippen LogP contribution in [0.4, 0.5) is 11.4 Å². The quantitative estimate of drug-likeness (QED) is 0.483. The van der Waals surface area contributed by atoms with Gasteiger partial charge in [-0.1, -0.05) is 24.3 Å². The van der Waals surface area contributed by atoms with Crippen molar-refractivity contribution in [3.8, 4) is 11.5 Å². The lowest BCUT2D eigenvalue weighted by atomic mass is 10.3. The molecule has 0 heterocycles. The lowest BCUT2D eigenvalue weighted by Crippen LogP contribution is -2.15. The summed E-state index contributed by atoms with van der Waals surface area (Å²) in [6, 6.07) is 11.1. The number of hydrogen-bond donors (Lipinski definition) is 0. The Hall–Kier alpha value is -3.07. The van der Waals surface area contributed by atoms with Crippen molar-refractivity contribution < 1.29 is 19.3 Å². The summed E-state index contributed by atoms with van der Waals surface area (Å²) in [4.78, 5) is 20.4. The van der Waals surface area contributed by atoms with E-state index in [0.29, 0.717) is 0 Å². The second-order valence-electron chi connectivity index (χ2n) is 3.90. The maximum atomic E-state index is 10.9. The van der Waals surface area contributed by atoms with Crippen molar-refractivity contribution in [2.45, 2.75) is 0 Å². The molecule has 0 aliphatic heterocycles. The van der Waals surface area contributed by atoms with Gasteiger partial charge in [-0.15, -0.1) is 0 Å². The molecule has 0 aliphatic rings. The van der Waals surface area contributed by atoms with Gasteiger partial charge in [0.15, 0.2) is 0 Å². The number of hydrogen-bond acceptors (Lipinski definition) is 7. The molecular weight excluding hydrogens is 312 g/mol. The zero-order chi connectivity index (χ0) is 16.1. The largest absolute Gasteiger partial charge is 0.410 e. The lowest BCUT2D eigenvalue weighted by molar-refractivity contribution is -0.385. The van der Waals surface area contributed by atoms with E-state index in [2.05, 4.69) is 0 Å². The van der Waals surface area contributed by atoms with Gasteiger partial charge in [-0.2, -0.15) is 0 Å². The van der Waals surface area contributed by atoms with Gasteiger partial charge < -0.3 is 9.47 Å². The number of ether oxygens (including phenoxy) is 2. The Labute approximate surface area is 129 Å². The van der Waals surface area contributed by atoms with Gasteiger partial charge in [0.1, 0.15) is 0 Å². The van der Waals surface area contributed by atoms with E-state index < -0.39 is 15.1 Å². The molecule has 0 fully saturated rings. The second kappa shape index (κ2) is 6.59. The number of benzene rings is 2. The van der Waals surface area contributed by atoms with Gasteiger partial charge in [-0.25, -0.2) is 0 Å². The van der Waals surface area contributed by atoms with Crippen LogP contribution < -0.4 is 9.47 Å². The molecule has 2 rings (SSSR count). The smallest absolute Gasteiger partial charge is 0.363 e. The Bertz CT molecular complexity index is 687. The van der Waals surface area contributed by atoms with Crippen molar-refractivity contribution in [1.29, 1.82) is 0 Å². The third-order valence-corrected chi connectivity index (χ3v) is 2.68. The lowest BCUT2D eigenvalue weighted by Gasteiger charge is -2.08. The SMILES string of the molecule is O=[N+]([O-])c1ccccc1OC(=S)Oc1ccccc1[N+](=O)[O-]. The minimum atomic E-state index is -0.636. The third kappa shape index (κ3) is 3.52. The zero-order valence-corrected chi connectivity index (χ0v) is 11.7. The number of thiocarbonyl (C=S) groups is 1. The first-order valence-corrected chi connectivity index (χ1v) is 6.26. The van der Waals surface area contributed by atoms with E-state index in [1.165, 1.54) is 48.5 Å². The van der Waals surface area contributed by atoms with E-state index in [9.17, 15) is 20.2 Å². The topological polar surface area (TPSA) is 105 Å². The summed E-state index contributed by atoms with van der Waals surface area (Å²) >= 11 is 4.82. The van der Waals surface area contributed by atoms with Gasteiger partial charge >= 0.3 is 16.6 Å². The molecule has 0 aliphatic carbocycles. The predicted molar refractivity (Wildman–Crippen MR) is 80.0 cm³/mol. The van der Waals surface area contributed by atoms with Gasteiger partial charge in [0.25, 0.3) is 0 Å². The van der Waals surface area contributed by atoms with Gasteiger partial charge in [0, 0.05) is 24.4 Å². The number of rotatable bonds is 4. The Balaban J connectivity index is 2.18. The summed E-state index contributed by atoms with van der Waals surface area (Å²) in [7, 11) is 0. The first-order valence-electron chi connectivity index (χ1n) is 5.85. The Morgan fingerprint density at radius 1 is 0.818 bits per heavy atom. The molecule has 0 amide bonds. The van der Waals surface area contributed by atoms with E-state index in [-0.39, 0.29) is 22.9 Å². The molecule has 0 bridgehead atoms. The number of nitro groups is 2. The molecule has 0 aromatic heterocycles. The third-order valence-electron chi connectivity index (χ3n) is 2.51. The summed E-state index contributed by atoms with van der Waals surface area (Å²) in [5, 5.41) is 21.2. The normalized spacial score (nSPS) is 9.82. The fourth-order valence-electron chi connectivity index (χ4n) is 1.59. The van der Waals surface area contributed by atoms with Crippen LogP contribution in [0.1, 0.15) is 0 Å². The zero-order valence-electron chi connectivity index (χ0n) is 10.9. The van der Waals surface area contributed by atoms with Crippen molar-refractivity contribution in [3.05, 3.63) is 68.8 Å². The van der Waals surface area contributed by atoms with Crippen LogP contribution in [0.25, 0.3) is 0 Å². The van der Waals surface area contributed by atoms with Crippen LogP contribution in [-0.4, -0.2) is 15.1 Å². The molecule has 112 valence electrons. The van der Waals surface area contributed by atoms with Crippen LogP contribution in [0.2, 0.25) is 0 Å². The van der Waals surface area contributed by atoms with E-state index in [1.54, 1.807) is 0 Å². The van der Waals surface area contributed by atoms with E-state index in [1.807, 2.05) is 0 Å². The maximum Gasteiger partial charge on any atom is 0.363 e. The molecule has 0 N–H and O–H groups in total. The minimum Gasteiger partial charge on any atom is -0.410 e. The molecule has 0 saturated heterocycles. The summed E-state index contributed by atoms with van der Waals surface area (Å²) in [6.07, 6.45) is 0.